The van der Waals surface area contributed by atoms with Crippen LogP contribution in [0.25, 0.3) is 0 Å². The molecule has 0 fully saturated rings. The van der Waals surface area contributed by atoms with Crippen molar-refractivity contribution in [2.24, 2.45) is 5.92 Å². The number of carboxylic acid groups (broad SMARTS) is 1. The van der Waals surface area contributed by atoms with Crippen molar-refractivity contribution in [2.45, 2.75) is 27.2 Å². The number of nitrogens with one attached hydrogen (secondary N) is 1. The highest BCUT2D eigenvalue weighted by atomic mass is 16.4. The molecule has 0 spiro atoms. The van der Waals surface area contributed by atoms with Gasteiger partial charge in [0.1, 0.15) is 0 Å². The molecule has 0 aliphatic rings. The Hall–Kier alpha value is -1.88. The fraction of sp³-hybridized carbons (Fsp3) is 0.500. The number of carbonyl (C=O) groups is 2. The summed E-state index contributed by atoms with van der Waals surface area (Å²) in [5.74, 6) is -0.804. The summed E-state index contributed by atoms with van der Waals surface area (Å²) in [5.41, 5.74) is 1.90. The zero-order chi connectivity index (χ0) is 15.8. The van der Waals surface area contributed by atoms with Crippen molar-refractivity contribution >= 4 is 17.6 Å². The number of rotatable bonds is 8. The van der Waals surface area contributed by atoms with Crippen molar-refractivity contribution < 1.29 is 14.7 Å². The van der Waals surface area contributed by atoms with Crippen molar-refractivity contribution in [3.63, 3.8) is 0 Å². The first-order valence-electron chi connectivity index (χ1n) is 7.23. The van der Waals surface area contributed by atoms with Gasteiger partial charge >= 0.3 is 5.97 Å². The zero-order valence-electron chi connectivity index (χ0n) is 12.9. The summed E-state index contributed by atoms with van der Waals surface area (Å²) in [6.45, 7) is 6.59. The Morgan fingerprint density at radius 2 is 2.00 bits per heavy atom. The normalized spacial score (nSPS) is 10.9. The zero-order valence-corrected chi connectivity index (χ0v) is 12.9. The molecule has 5 nitrogen and oxygen atoms in total. The third-order valence-electron chi connectivity index (χ3n) is 2.97. The van der Waals surface area contributed by atoms with Gasteiger partial charge in [-0.1, -0.05) is 32.9 Å². The minimum absolute atomic E-state index is 0.0842. The maximum atomic E-state index is 12.0. The first kappa shape index (κ1) is 17.2. The molecule has 5 heteroatoms. The Morgan fingerprint density at radius 3 is 2.57 bits per heavy atom. The van der Waals surface area contributed by atoms with E-state index in [2.05, 4.69) is 12.2 Å². The molecular formula is C16H24N2O3. The largest absolute Gasteiger partial charge is 0.480 e. The minimum Gasteiger partial charge on any atom is -0.480 e. The minimum atomic E-state index is -0.920. The van der Waals surface area contributed by atoms with E-state index in [-0.39, 0.29) is 19.0 Å². The number of carbonyl (C=O) groups excluding carboxylic acids is 1. The topological polar surface area (TPSA) is 69.6 Å². The molecule has 0 saturated heterocycles. The third kappa shape index (κ3) is 6.90. The Labute approximate surface area is 126 Å². The molecule has 116 valence electrons. The first-order chi connectivity index (χ1) is 9.90. The van der Waals surface area contributed by atoms with Gasteiger partial charge in [0.2, 0.25) is 5.91 Å². The van der Waals surface area contributed by atoms with E-state index in [4.69, 9.17) is 5.11 Å². The Bertz CT molecular complexity index is 486. The predicted molar refractivity (Wildman–Crippen MR) is 83.4 cm³/mol. The van der Waals surface area contributed by atoms with Gasteiger partial charge in [-0.25, -0.2) is 0 Å². The molecule has 1 aromatic carbocycles. The molecule has 2 N–H and O–H groups in total. The fourth-order valence-corrected chi connectivity index (χ4v) is 2.17. The van der Waals surface area contributed by atoms with Gasteiger partial charge in [-0.2, -0.15) is 0 Å². The standard InChI is InChI=1S/C16H24N2O3/c1-4-13-6-5-7-14(8-13)17-15(19)10-18(9-12(2)3)11-16(20)21/h5-8,12H,4,9-11H2,1-3H3,(H,17,19)(H,20,21). The van der Waals surface area contributed by atoms with Gasteiger partial charge in [0.15, 0.2) is 0 Å². The van der Waals surface area contributed by atoms with Crippen LogP contribution in [0.2, 0.25) is 0 Å². The lowest BCUT2D eigenvalue weighted by atomic mass is 10.1. The lowest BCUT2D eigenvalue weighted by molar-refractivity contribution is -0.138. The second kappa shape index (κ2) is 8.42. The second-order valence-corrected chi connectivity index (χ2v) is 5.56. The van der Waals surface area contributed by atoms with Crippen molar-refractivity contribution in [1.29, 1.82) is 0 Å². The lowest BCUT2D eigenvalue weighted by Gasteiger charge is -2.21. The van der Waals surface area contributed by atoms with E-state index in [9.17, 15) is 9.59 Å². The average molecular weight is 292 g/mol. The average Bonchev–Trinajstić information content (AvgIpc) is 2.37. The van der Waals surface area contributed by atoms with Crippen LogP contribution in [0, 0.1) is 5.92 Å². The summed E-state index contributed by atoms with van der Waals surface area (Å²) < 4.78 is 0. The predicted octanol–water partition coefficient (Wildman–Crippen LogP) is 2.23. The fourth-order valence-electron chi connectivity index (χ4n) is 2.17. The van der Waals surface area contributed by atoms with Crippen LogP contribution in [-0.4, -0.2) is 41.5 Å². The smallest absolute Gasteiger partial charge is 0.317 e. The van der Waals surface area contributed by atoms with Crippen molar-refractivity contribution in [1.82, 2.24) is 4.90 Å². The molecular weight excluding hydrogens is 268 g/mol. The number of hydrogen-bond acceptors (Lipinski definition) is 3. The molecule has 0 aromatic heterocycles. The summed E-state index contributed by atoms with van der Waals surface area (Å²) in [5, 5.41) is 11.7. The van der Waals surface area contributed by atoms with Crippen LogP contribution in [0.3, 0.4) is 0 Å². The van der Waals surface area contributed by atoms with Crippen LogP contribution in [0.5, 0.6) is 0 Å². The summed E-state index contributed by atoms with van der Waals surface area (Å²) >= 11 is 0. The summed E-state index contributed by atoms with van der Waals surface area (Å²) in [7, 11) is 0. The number of aliphatic carboxylic acids is 1. The van der Waals surface area contributed by atoms with E-state index >= 15 is 0 Å². The lowest BCUT2D eigenvalue weighted by Crippen LogP contribution is -2.39. The Kier molecular flexibility index (Phi) is 6.88. The Morgan fingerprint density at radius 1 is 1.29 bits per heavy atom. The van der Waals surface area contributed by atoms with E-state index < -0.39 is 5.97 Å². The van der Waals surface area contributed by atoms with E-state index in [1.807, 2.05) is 38.1 Å². The summed E-state index contributed by atoms with van der Waals surface area (Å²) in [4.78, 5) is 24.5. The van der Waals surface area contributed by atoms with E-state index in [0.717, 1.165) is 17.7 Å². The van der Waals surface area contributed by atoms with Gasteiger partial charge in [-0.15, -0.1) is 0 Å². The second-order valence-electron chi connectivity index (χ2n) is 5.56. The van der Waals surface area contributed by atoms with Gasteiger partial charge in [-0.3, -0.25) is 14.5 Å². The highest BCUT2D eigenvalue weighted by Gasteiger charge is 2.15. The number of aryl methyl sites for hydroxylation is 1. The Balaban J connectivity index is 2.61. The maximum Gasteiger partial charge on any atom is 0.317 e. The van der Waals surface area contributed by atoms with Crippen LogP contribution in [-0.2, 0) is 16.0 Å². The first-order valence-corrected chi connectivity index (χ1v) is 7.23. The van der Waals surface area contributed by atoms with Gasteiger partial charge < -0.3 is 10.4 Å². The molecule has 0 aliphatic heterocycles. The van der Waals surface area contributed by atoms with Gasteiger partial charge in [-0.05, 0) is 30.0 Å². The number of nitrogens with zero attached hydrogens (tertiary/aromatic N) is 1. The molecule has 1 aromatic rings. The van der Waals surface area contributed by atoms with Crippen LogP contribution in [0.15, 0.2) is 24.3 Å². The summed E-state index contributed by atoms with van der Waals surface area (Å²) in [6, 6.07) is 7.67. The van der Waals surface area contributed by atoms with Crippen LogP contribution in [0.4, 0.5) is 5.69 Å². The molecule has 0 radical (unpaired) electrons. The number of anilines is 1. The van der Waals surface area contributed by atoms with E-state index in [1.54, 1.807) is 4.90 Å². The molecule has 0 unspecified atom stereocenters. The molecule has 0 aliphatic carbocycles. The summed E-state index contributed by atoms with van der Waals surface area (Å²) in [6.07, 6.45) is 0.905. The maximum absolute atomic E-state index is 12.0. The quantitative estimate of drug-likeness (QED) is 0.771. The van der Waals surface area contributed by atoms with Crippen molar-refractivity contribution in [2.75, 3.05) is 25.0 Å². The third-order valence-corrected chi connectivity index (χ3v) is 2.97. The van der Waals surface area contributed by atoms with E-state index in [0.29, 0.717) is 12.5 Å². The molecule has 1 amide bonds. The van der Waals surface area contributed by atoms with Crippen molar-refractivity contribution in [3.05, 3.63) is 29.8 Å². The van der Waals surface area contributed by atoms with Gasteiger partial charge in [0, 0.05) is 12.2 Å². The SMILES string of the molecule is CCc1cccc(NC(=O)CN(CC(=O)O)CC(C)C)c1. The number of benzene rings is 1. The molecule has 0 bridgehead atoms. The number of amides is 1. The number of hydrogen-bond donors (Lipinski definition) is 2. The highest BCUT2D eigenvalue weighted by Crippen LogP contribution is 2.11. The van der Waals surface area contributed by atoms with Crippen molar-refractivity contribution in [3.8, 4) is 0 Å². The molecule has 0 atom stereocenters. The molecule has 21 heavy (non-hydrogen) atoms. The highest BCUT2D eigenvalue weighted by molar-refractivity contribution is 5.92. The number of carboxylic acids is 1. The monoisotopic (exact) mass is 292 g/mol. The van der Waals surface area contributed by atoms with Crippen LogP contribution in [0.1, 0.15) is 26.3 Å². The van der Waals surface area contributed by atoms with Crippen LogP contribution >= 0.6 is 0 Å². The molecule has 1 rings (SSSR count). The molecule has 0 heterocycles. The molecule has 0 saturated carbocycles. The van der Waals surface area contributed by atoms with Crippen LogP contribution < -0.4 is 5.32 Å². The van der Waals surface area contributed by atoms with Gasteiger partial charge in [0.05, 0.1) is 13.1 Å². The van der Waals surface area contributed by atoms with E-state index in [1.165, 1.54) is 0 Å². The van der Waals surface area contributed by atoms with Gasteiger partial charge in [0.25, 0.3) is 0 Å².